The first-order chi connectivity index (χ1) is 45.3. The van der Waals surface area contributed by atoms with Crippen LogP contribution in [0.15, 0.2) is 58.4 Å². The second kappa shape index (κ2) is 29.7. The Labute approximate surface area is 558 Å². The van der Waals surface area contributed by atoms with Crippen LogP contribution in [0, 0.1) is 46.1 Å². The van der Waals surface area contributed by atoms with Gasteiger partial charge in [-0.15, -0.1) is 0 Å². The average molecular weight is 1360 g/mol. The molecule has 1 saturated carbocycles. The van der Waals surface area contributed by atoms with Gasteiger partial charge in [0.1, 0.15) is 42.5 Å². The van der Waals surface area contributed by atoms with Crippen LogP contribution in [0.1, 0.15) is 140 Å². The van der Waals surface area contributed by atoms with Gasteiger partial charge < -0.3 is 103 Å². The number of aldehydes is 1. The molecule has 10 rings (SSSR count). The van der Waals surface area contributed by atoms with E-state index < -0.39 is 211 Å². The highest BCUT2D eigenvalue weighted by Crippen LogP contribution is 2.61. The molecule has 536 valence electrons. The van der Waals surface area contributed by atoms with Crippen LogP contribution in [-0.2, 0) is 95.1 Å². The summed E-state index contributed by atoms with van der Waals surface area (Å²) >= 11 is 0. The molecule has 2 bridgehead atoms. The first-order valence-corrected chi connectivity index (χ1v) is 33.6. The lowest BCUT2D eigenvalue weighted by atomic mass is 9.49. The summed E-state index contributed by atoms with van der Waals surface area (Å²) < 4.78 is 87.1. The molecule has 28 heteroatoms. The molecule has 29 atom stereocenters. The van der Waals surface area contributed by atoms with E-state index >= 15 is 4.79 Å². The van der Waals surface area contributed by atoms with Gasteiger partial charge in [-0.1, -0.05) is 50.6 Å². The highest BCUT2D eigenvalue weighted by molar-refractivity contribution is 6.26. The van der Waals surface area contributed by atoms with Gasteiger partial charge in [-0.2, -0.15) is 0 Å². The molecule has 7 N–H and O–H groups in total. The quantitative estimate of drug-likeness (QED) is 0.0308. The molecule has 7 fully saturated rings. The van der Waals surface area contributed by atoms with Crippen molar-refractivity contribution in [3.63, 3.8) is 0 Å². The number of hydroxylamine groups is 2. The van der Waals surface area contributed by atoms with Gasteiger partial charge in [0.15, 0.2) is 49.3 Å². The van der Waals surface area contributed by atoms with Crippen LogP contribution < -0.4 is 5.73 Å². The predicted molar refractivity (Wildman–Crippen MR) is 331 cm³/mol. The molecule has 0 aromatic rings. The summed E-state index contributed by atoms with van der Waals surface area (Å²) in [6, 6.07) is -1.38. The van der Waals surface area contributed by atoms with Crippen molar-refractivity contribution in [1.29, 1.82) is 0 Å². The number of Topliss-reactive ketones (excluding diaryl/α,β-unsaturated/α-hetero) is 1. The Hall–Kier alpha value is -4.96. The molecule has 28 nitrogen and oxygen atoms in total. The van der Waals surface area contributed by atoms with Gasteiger partial charge in [-0.3, -0.25) is 24.4 Å². The van der Waals surface area contributed by atoms with Gasteiger partial charge in [-0.05, 0) is 102 Å². The molecule has 0 amide bonds. The fourth-order valence-electron chi connectivity index (χ4n) is 16.7. The molecule has 0 aromatic heterocycles. The van der Waals surface area contributed by atoms with Gasteiger partial charge in [-0.25, -0.2) is 9.59 Å². The van der Waals surface area contributed by atoms with Crippen LogP contribution in [-0.4, -0.2) is 215 Å². The minimum absolute atomic E-state index is 0.0281. The molecule has 0 aromatic carbocycles. The number of esters is 4. The monoisotopic (exact) mass is 1360 g/mol. The molecular formula is C68H97N2O26-. The number of aliphatic hydroxyl groups excluding tert-OH is 4. The zero-order valence-corrected chi connectivity index (χ0v) is 56.6. The predicted octanol–water partition coefficient (Wildman–Crippen LogP) is 4.57. The van der Waals surface area contributed by atoms with Crippen LogP contribution in [0.5, 0.6) is 0 Å². The number of hydrogen-bond donors (Lipinski definition) is 6. The van der Waals surface area contributed by atoms with Gasteiger partial charge in [0.05, 0.1) is 79.5 Å². The van der Waals surface area contributed by atoms with Gasteiger partial charge >= 0.3 is 23.9 Å². The second-order valence-electron chi connectivity index (χ2n) is 28.5. The number of methoxy groups -OCH3 is 1. The molecule has 96 heavy (non-hydrogen) atoms. The standard InChI is InChI=1S/C68H97N2O26/c1-30-13-17-46(89-54-27-66(10,70(81)82)61(69)60(95-54)65(80)83-12)31(2)22-42-44(75)23-39(28-71)26-68(42)63(78)55(64(79)96-68)62(77)67(11)41(30)15-14-40-56(67)32(3)21-33(4)57(40)94-53-25-48(59(88-38(9)73)49(92-53)29-84-37(8)72)91-50-20-18-47(35(6)86-50)90-52-24-45(76)58(36(7)87-52)93-51-19-16-43(74)34(5)85-51/h13-15,22-23,28,32-36,40-54,56-61,74-77,81H,16-21,24-27,29,69H2,1-12H3/q-1/b30-13+,31-22+,62-55?/t32-,33-,34-,35-,36-,40-,41-,42+,43+,44-,45+,46-,47+,48+,49-,50-,51-,52+,53-,54+,56+,57-,58-,59+,60-,61-,66-,67+,68-/m0/s1. The summed E-state index contributed by atoms with van der Waals surface area (Å²) in [7, 11) is 1.11. The van der Waals surface area contributed by atoms with Crippen LogP contribution in [0.3, 0.4) is 0 Å². The van der Waals surface area contributed by atoms with Crippen LogP contribution in [0.4, 0.5) is 0 Å². The van der Waals surface area contributed by atoms with Crippen molar-refractivity contribution in [2.24, 2.45) is 46.7 Å². The molecule has 0 radical (unpaired) electrons. The number of fused-ring (bicyclic) bond motifs is 4. The molecular weight excluding hydrogens is 1260 g/mol. The highest BCUT2D eigenvalue weighted by atomic mass is 16.8. The van der Waals surface area contributed by atoms with Crippen LogP contribution >= 0.6 is 0 Å². The summed E-state index contributed by atoms with van der Waals surface area (Å²) in [5.74, 6) is -8.77. The minimum Gasteiger partial charge on any atom is -0.762 e. The van der Waals surface area contributed by atoms with Crippen molar-refractivity contribution in [2.45, 2.75) is 274 Å². The first-order valence-electron chi connectivity index (χ1n) is 33.6. The summed E-state index contributed by atoms with van der Waals surface area (Å²) in [6.07, 6.45) is -6.79. The number of ketones is 1. The van der Waals surface area contributed by atoms with Gasteiger partial charge in [0, 0.05) is 69.6 Å². The Kier molecular flexibility index (Phi) is 22.8. The van der Waals surface area contributed by atoms with Crippen molar-refractivity contribution in [3.8, 4) is 0 Å². The van der Waals surface area contributed by atoms with E-state index in [-0.39, 0.29) is 54.9 Å². The Morgan fingerprint density at radius 1 is 0.750 bits per heavy atom. The smallest absolute Gasteiger partial charge is 0.346 e. The second-order valence-corrected chi connectivity index (χ2v) is 28.5. The maximum absolute atomic E-state index is 15.6. The lowest BCUT2D eigenvalue weighted by Gasteiger charge is -2.57. The highest BCUT2D eigenvalue weighted by Gasteiger charge is 2.65. The maximum Gasteiger partial charge on any atom is 0.346 e. The third kappa shape index (κ3) is 14.7. The SMILES string of the molecule is COC(=O)[C@H]1O[C@@H](O[C@H]2C/C=C(\C)[C@@H]3C=C[C@@H]4[C@@H](O[C@H]5C[C@@H](O[C@H]6CC[C@@H](O[C@@H]7C[C@@H](O)[C@@H](O[C@H]8CC[C@@H](O)[C@H](C)O8)[C@H](C)O7)[C@H](C)O6)[C@@H](OC(C)=O)[C@H](COC(C)=O)O5)[C@@H](C)C[C@H](C)[C@H]4[C@]3(C)C(O)=C3C(=O)O[C@]4(CC(C=O)=C[C@H](O)[C@H]4/C=C/2C)C3=O)C[C@](C)(N([O-])O)[C@H]1N. The lowest BCUT2D eigenvalue weighted by molar-refractivity contribution is -0.333. The Balaban J connectivity index is 0.935. The third-order valence-corrected chi connectivity index (χ3v) is 21.9. The normalized spacial score (nSPS) is 46.3. The van der Waals surface area contributed by atoms with Crippen molar-refractivity contribution >= 4 is 35.9 Å². The number of nitrogens with two attached hydrogens (primary N) is 1. The molecule has 1 spiro atoms. The number of carbonyl (C=O) groups is 6. The maximum atomic E-state index is 15.6. The van der Waals surface area contributed by atoms with Crippen molar-refractivity contribution in [1.82, 2.24) is 5.23 Å². The largest absolute Gasteiger partial charge is 0.762 e. The van der Waals surface area contributed by atoms with E-state index in [1.165, 1.54) is 32.9 Å². The van der Waals surface area contributed by atoms with E-state index in [0.717, 1.165) is 7.11 Å². The number of hydrogen-bond acceptors (Lipinski definition) is 28. The number of allylic oxidation sites excluding steroid dienone is 3. The number of ether oxygens (including phenoxy) is 14. The number of carbonyl (C=O) groups excluding carboxylic acids is 6. The zero-order chi connectivity index (χ0) is 69.8. The van der Waals surface area contributed by atoms with Crippen molar-refractivity contribution < 1.29 is 121 Å². The summed E-state index contributed by atoms with van der Waals surface area (Å²) in [6.45, 7) is 18.1. The van der Waals surface area contributed by atoms with Crippen molar-refractivity contribution in [3.05, 3.63) is 63.6 Å². The number of nitrogens with zero attached hydrogens (tertiary/aromatic N) is 1. The van der Waals surface area contributed by atoms with Crippen molar-refractivity contribution in [2.75, 3.05) is 13.7 Å². The Morgan fingerprint density at radius 2 is 1.42 bits per heavy atom. The van der Waals surface area contributed by atoms with Gasteiger partial charge in [0.2, 0.25) is 5.78 Å². The molecule has 6 saturated heterocycles. The summed E-state index contributed by atoms with van der Waals surface area (Å²) in [4.78, 5) is 81.5. The summed E-state index contributed by atoms with van der Waals surface area (Å²) in [5, 5.41) is 69.6. The minimum atomic E-state index is -2.26. The zero-order valence-electron chi connectivity index (χ0n) is 56.6. The Bertz CT molecular complexity index is 3030. The summed E-state index contributed by atoms with van der Waals surface area (Å²) in [5.41, 5.74) is 1.10. The molecule has 0 unspecified atom stereocenters. The van der Waals surface area contributed by atoms with E-state index in [1.54, 1.807) is 27.7 Å². The molecule has 4 aliphatic carbocycles. The van der Waals surface area contributed by atoms with E-state index in [1.807, 2.05) is 45.9 Å². The van der Waals surface area contributed by atoms with E-state index in [2.05, 4.69) is 0 Å². The fourth-order valence-corrected chi connectivity index (χ4v) is 16.7. The average Bonchev–Trinajstić information content (AvgIpc) is 1.14. The Morgan fingerprint density at radius 3 is 2.07 bits per heavy atom. The molecule has 10 aliphatic rings. The fraction of sp³-hybridized carbons (Fsp3) is 0.765. The molecule has 6 heterocycles. The number of aliphatic hydroxyl groups is 4. The molecule has 6 aliphatic heterocycles. The number of rotatable bonds is 16. The van der Waals surface area contributed by atoms with E-state index in [4.69, 9.17) is 72.0 Å². The van der Waals surface area contributed by atoms with E-state index in [0.29, 0.717) is 49.5 Å². The third-order valence-electron chi connectivity index (χ3n) is 21.9. The van der Waals surface area contributed by atoms with Crippen LogP contribution in [0.2, 0.25) is 0 Å². The first kappa shape index (κ1) is 73.7. The van der Waals surface area contributed by atoms with Gasteiger partial charge in [0.25, 0.3) is 0 Å². The topological polar surface area (TPSA) is 385 Å². The lowest BCUT2D eigenvalue weighted by Crippen LogP contribution is -2.67. The van der Waals surface area contributed by atoms with Crippen LogP contribution in [0.25, 0.3) is 0 Å². The van der Waals surface area contributed by atoms with E-state index in [9.17, 15) is 54.8 Å².